The van der Waals surface area contributed by atoms with E-state index in [9.17, 15) is 0 Å². The summed E-state index contributed by atoms with van der Waals surface area (Å²) in [6.07, 6.45) is 0. The second kappa shape index (κ2) is 9.64. The number of rotatable bonds is 2. The van der Waals surface area contributed by atoms with Crippen molar-refractivity contribution in [2.45, 2.75) is 19.3 Å². The molecule has 0 nitrogen and oxygen atoms in total. The van der Waals surface area contributed by atoms with Crippen LogP contribution in [0.25, 0.3) is 87.2 Å². The van der Waals surface area contributed by atoms with Gasteiger partial charge in [-0.25, -0.2) is 0 Å². The molecule has 0 bridgehead atoms. The fraction of sp³-hybridized carbons (Fsp3) is 0.0638. The lowest BCUT2D eigenvalue weighted by molar-refractivity contribution is 0.660. The third-order valence-corrected chi connectivity index (χ3v) is 10.8. The van der Waals surface area contributed by atoms with Crippen LogP contribution in [0.5, 0.6) is 0 Å². The minimum Gasteiger partial charge on any atom is -0.0619 e. The molecule has 0 aliphatic heterocycles. The van der Waals surface area contributed by atoms with Gasteiger partial charge in [0.15, 0.2) is 0 Å². The molecule has 0 saturated heterocycles. The van der Waals surface area contributed by atoms with E-state index in [-0.39, 0.29) is 5.41 Å². The summed E-state index contributed by atoms with van der Waals surface area (Å²) in [6.45, 7) is 4.70. The van der Waals surface area contributed by atoms with E-state index < -0.39 is 0 Å². The molecule has 0 heterocycles. The Morgan fingerprint density at radius 1 is 0.319 bits per heavy atom. The smallest absolute Gasteiger partial charge is 0.0159 e. The standard InChI is InChI=1S/C47H32/c1-47(2)44-10-6-5-9-41(44)42-24-21-35(28-45(42)47)33-20-23-39-37(26-33)18-17-36-25-32(19-22-38(36)39)34-16-13-30-12-15-31-14-11-29-7-3-4-8-40(29)46(31)43(30)27-34/h3-28H,1-2H3. The lowest BCUT2D eigenvalue weighted by atomic mass is 9.81. The van der Waals surface area contributed by atoms with Crippen molar-refractivity contribution in [1.82, 2.24) is 0 Å². The zero-order chi connectivity index (χ0) is 31.3. The van der Waals surface area contributed by atoms with Crippen LogP contribution < -0.4 is 0 Å². The minimum absolute atomic E-state index is 0.00137. The number of hydrogen-bond acceptors (Lipinski definition) is 0. The van der Waals surface area contributed by atoms with Crippen LogP contribution in [0.4, 0.5) is 0 Å². The SMILES string of the molecule is CC1(C)c2ccccc2-c2ccc(-c3ccc4c(ccc5cc(-c6ccc7ccc8ccc9ccccc9c8c7c6)ccc54)c3)cc21. The minimum atomic E-state index is -0.00137. The summed E-state index contributed by atoms with van der Waals surface area (Å²) in [6, 6.07) is 59.0. The Balaban J connectivity index is 1.06. The zero-order valence-corrected chi connectivity index (χ0v) is 26.5. The molecule has 9 aromatic rings. The highest BCUT2D eigenvalue weighted by Gasteiger charge is 2.35. The van der Waals surface area contributed by atoms with Crippen LogP contribution in [-0.2, 0) is 5.41 Å². The highest BCUT2D eigenvalue weighted by molar-refractivity contribution is 6.20. The molecule has 0 heteroatoms. The van der Waals surface area contributed by atoms with Crippen molar-refractivity contribution in [3.8, 4) is 33.4 Å². The highest BCUT2D eigenvalue weighted by atomic mass is 14.4. The Kier molecular flexibility index (Phi) is 5.44. The van der Waals surface area contributed by atoms with Gasteiger partial charge in [0.05, 0.1) is 0 Å². The van der Waals surface area contributed by atoms with Crippen molar-refractivity contribution in [3.05, 3.63) is 169 Å². The van der Waals surface area contributed by atoms with Gasteiger partial charge in [-0.05, 0) is 123 Å². The van der Waals surface area contributed by atoms with Crippen LogP contribution in [0.15, 0.2) is 158 Å². The Hall–Kier alpha value is -5.72. The predicted molar refractivity (Wildman–Crippen MR) is 202 cm³/mol. The largest absolute Gasteiger partial charge is 0.0619 e. The molecule has 0 unspecified atom stereocenters. The quantitative estimate of drug-likeness (QED) is 0.174. The molecular weight excluding hydrogens is 565 g/mol. The fourth-order valence-corrected chi connectivity index (χ4v) is 8.32. The number of fused-ring (bicyclic) bond motifs is 11. The van der Waals surface area contributed by atoms with Crippen molar-refractivity contribution in [2.24, 2.45) is 0 Å². The maximum atomic E-state index is 2.42. The second-order valence-electron chi connectivity index (χ2n) is 13.8. The van der Waals surface area contributed by atoms with Gasteiger partial charge in [0, 0.05) is 5.41 Å². The van der Waals surface area contributed by atoms with Crippen LogP contribution in [0.3, 0.4) is 0 Å². The summed E-state index contributed by atoms with van der Waals surface area (Å²) >= 11 is 0. The lowest BCUT2D eigenvalue weighted by Crippen LogP contribution is -2.14. The van der Waals surface area contributed by atoms with Gasteiger partial charge in [0.1, 0.15) is 0 Å². The van der Waals surface area contributed by atoms with E-state index in [0.717, 1.165) is 0 Å². The molecule has 9 aromatic carbocycles. The average Bonchev–Trinajstić information content (AvgIpc) is 3.36. The Labute approximate surface area is 274 Å². The summed E-state index contributed by atoms with van der Waals surface area (Å²) in [4.78, 5) is 0. The van der Waals surface area contributed by atoms with Crippen LogP contribution >= 0.6 is 0 Å². The van der Waals surface area contributed by atoms with Gasteiger partial charge in [-0.3, -0.25) is 0 Å². The Bertz CT molecular complexity index is 2750. The first kappa shape index (κ1) is 26.5. The first-order valence-electron chi connectivity index (χ1n) is 16.6. The van der Waals surface area contributed by atoms with E-state index in [4.69, 9.17) is 0 Å². The van der Waals surface area contributed by atoms with Gasteiger partial charge < -0.3 is 0 Å². The van der Waals surface area contributed by atoms with E-state index in [1.807, 2.05) is 0 Å². The number of hydrogen-bond donors (Lipinski definition) is 0. The molecule has 1 aliphatic rings. The van der Waals surface area contributed by atoms with E-state index in [0.29, 0.717) is 0 Å². The Morgan fingerprint density at radius 3 is 1.60 bits per heavy atom. The third kappa shape index (κ3) is 3.88. The Morgan fingerprint density at radius 2 is 0.830 bits per heavy atom. The van der Waals surface area contributed by atoms with Crippen LogP contribution in [0.2, 0.25) is 0 Å². The van der Waals surface area contributed by atoms with Crippen LogP contribution in [0, 0.1) is 0 Å². The molecule has 0 aromatic heterocycles. The van der Waals surface area contributed by atoms with Gasteiger partial charge in [0.25, 0.3) is 0 Å². The lowest BCUT2D eigenvalue weighted by Gasteiger charge is -2.22. The summed E-state index contributed by atoms with van der Waals surface area (Å²) in [5, 5.41) is 12.9. The molecule has 0 atom stereocenters. The summed E-state index contributed by atoms with van der Waals surface area (Å²) in [5.74, 6) is 0. The molecule has 1 aliphatic carbocycles. The fourth-order valence-electron chi connectivity index (χ4n) is 8.32. The van der Waals surface area contributed by atoms with E-state index in [2.05, 4.69) is 172 Å². The first-order valence-corrected chi connectivity index (χ1v) is 16.6. The molecule has 10 rings (SSSR count). The van der Waals surface area contributed by atoms with Gasteiger partial charge in [-0.1, -0.05) is 147 Å². The van der Waals surface area contributed by atoms with Gasteiger partial charge in [-0.15, -0.1) is 0 Å². The van der Waals surface area contributed by atoms with Crippen molar-refractivity contribution in [1.29, 1.82) is 0 Å². The zero-order valence-electron chi connectivity index (χ0n) is 26.5. The van der Waals surface area contributed by atoms with E-state index in [1.165, 1.54) is 98.4 Å². The molecule has 0 saturated carbocycles. The van der Waals surface area contributed by atoms with Crippen molar-refractivity contribution in [3.63, 3.8) is 0 Å². The molecule has 0 spiro atoms. The van der Waals surface area contributed by atoms with Gasteiger partial charge in [-0.2, -0.15) is 0 Å². The molecule has 0 amide bonds. The summed E-state index contributed by atoms with van der Waals surface area (Å²) in [5.41, 5.74) is 10.6. The van der Waals surface area contributed by atoms with E-state index in [1.54, 1.807) is 0 Å². The molecule has 47 heavy (non-hydrogen) atoms. The molecular formula is C47H32. The first-order chi connectivity index (χ1) is 23.0. The van der Waals surface area contributed by atoms with Crippen molar-refractivity contribution < 1.29 is 0 Å². The number of benzene rings is 9. The monoisotopic (exact) mass is 596 g/mol. The van der Waals surface area contributed by atoms with Crippen LogP contribution in [-0.4, -0.2) is 0 Å². The second-order valence-corrected chi connectivity index (χ2v) is 13.8. The maximum absolute atomic E-state index is 2.42. The highest BCUT2D eigenvalue weighted by Crippen LogP contribution is 2.49. The van der Waals surface area contributed by atoms with Gasteiger partial charge >= 0.3 is 0 Å². The van der Waals surface area contributed by atoms with E-state index >= 15 is 0 Å². The van der Waals surface area contributed by atoms with Crippen LogP contribution in [0.1, 0.15) is 25.0 Å². The molecule has 0 fully saturated rings. The molecule has 220 valence electrons. The molecule has 0 radical (unpaired) electrons. The average molecular weight is 597 g/mol. The van der Waals surface area contributed by atoms with Crippen molar-refractivity contribution >= 4 is 53.9 Å². The van der Waals surface area contributed by atoms with Crippen molar-refractivity contribution in [2.75, 3.05) is 0 Å². The summed E-state index contributed by atoms with van der Waals surface area (Å²) in [7, 11) is 0. The van der Waals surface area contributed by atoms with Gasteiger partial charge in [0.2, 0.25) is 0 Å². The maximum Gasteiger partial charge on any atom is 0.0159 e. The third-order valence-electron chi connectivity index (χ3n) is 10.8. The summed E-state index contributed by atoms with van der Waals surface area (Å²) < 4.78 is 0. The predicted octanol–water partition coefficient (Wildman–Crippen LogP) is 13.1. The normalized spacial score (nSPS) is 13.5. The topological polar surface area (TPSA) is 0 Å². The molecule has 0 N–H and O–H groups in total.